The van der Waals surface area contributed by atoms with Crippen LogP contribution in [0.5, 0.6) is 0 Å². The van der Waals surface area contributed by atoms with Crippen LogP contribution in [0.4, 0.5) is 0 Å². The van der Waals surface area contributed by atoms with Gasteiger partial charge >= 0.3 is 0 Å². The second kappa shape index (κ2) is 14.3. The minimum atomic E-state index is -0.563. The van der Waals surface area contributed by atoms with Gasteiger partial charge in [0.1, 0.15) is 0 Å². The number of aliphatic imine (C=N–C) groups is 1. The van der Waals surface area contributed by atoms with Gasteiger partial charge in [0, 0.05) is 38.3 Å². The monoisotopic (exact) mass is 358 g/mol. The van der Waals surface area contributed by atoms with Crippen LogP contribution >= 0.6 is 0 Å². The number of nitrogens with zero attached hydrogens (tertiary/aromatic N) is 2. The predicted octanol–water partition coefficient (Wildman–Crippen LogP) is 2.08. The molecule has 0 aliphatic rings. The van der Waals surface area contributed by atoms with E-state index in [2.05, 4.69) is 62.1 Å². The molecule has 0 spiro atoms. The van der Waals surface area contributed by atoms with Crippen LogP contribution in [0.3, 0.4) is 0 Å². The van der Waals surface area contributed by atoms with Gasteiger partial charge in [-0.2, -0.15) is 0 Å². The van der Waals surface area contributed by atoms with Gasteiger partial charge in [-0.3, -0.25) is 9.89 Å². The molecule has 0 fully saturated rings. The first-order chi connectivity index (χ1) is 11.8. The van der Waals surface area contributed by atoms with Crippen LogP contribution in [0.1, 0.15) is 54.9 Å². The van der Waals surface area contributed by atoms with E-state index in [0.717, 1.165) is 32.0 Å². The van der Waals surface area contributed by atoms with Crippen LogP contribution < -0.4 is 10.6 Å². The number of hydrogen-bond acceptors (Lipinski definition) is 4. The Morgan fingerprint density at radius 3 is 2.20 bits per heavy atom. The Hall–Kier alpha value is -0.850. The van der Waals surface area contributed by atoms with Gasteiger partial charge < -0.3 is 20.5 Å². The molecule has 0 heterocycles. The van der Waals surface area contributed by atoms with Gasteiger partial charge in [-0.15, -0.1) is 0 Å². The van der Waals surface area contributed by atoms with Crippen molar-refractivity contribution in [1.82, 2.24) is 15.5 Å². The topological polar surface area (TPSA) is 69.1 Å². The Morgan fingerprint density at radius 2 is 1.68 bits per heavy atom. The van der Waals surface area contributed by atoms with E-state index in [1.807, 2.05) is 6.92 Å². The average Bonchev–Trinajstić information content (AvgIpc) is 2.51. The summed E-state index contributed by atoms with van der Waals surface area (Å²) < 4.78 is 5.45. The molecular weight excluding hydrogens is 316 g/mol. The van der Waals surface area contributed by atoms with Crippen LogP contribution in [-0.4, -0.2) is 73.5 Å². The van der Waals surface area contributed by atoms with E-state index >= 15 is 0 Å². The van der Waals surface area contributed by atoms with E-state index in [0.29, 0.717) is 37.8 Å². The lowest BCUT2D eigenvalue weighted by atomic mass is 10.2. The highest BCUT2D eigenvalue weighted by atomic mass is 16.5. The van der Waals surface area contributed by atoms with Crippen LogP contribution in [-0.2, 0) is 4.74 Å². The molecule has 6 nitrogen and oxygen atoms in total. The summed E-state index contributed by atoms with van der Waals surface area (Å²) in [5, 5.41) is 16.5. The maximum Gasteiger partial charge on any atom is 0.191 e. The Balaban J connectivity index is 4.18. The lowest BCUT2D eigenvalue weighted by molar-refractivity contribution is 0.0301. The fourth-order valence-corrected chi connectivity index (χ4v) is 2.61. The molecule has 0 aromatic rings. The third-order valence-corrected chi connectivity index (χ3v) is 3.78. The molecule has 1 atom stereocenters. The zero-order chi connectivity index (χ0) is 19.2. The number of nitrogens with one attached hydrogen (secondary N) is 2. The third-order valence-electron chi connectivity index (χ3n) is 3.78. The minimum Gasteiger partial charge on any atom is -0.389 e. The maximum absolute atomic E-state index is 9.95. The number of aliphatic hydroxyl groups excluding tert-OH is 1. The quantitative estimate of drug-likeness (QED) is 0.267. The van der Waals surface area contributed by atoms with Gasteiger partial charge in [-0.1, -0.05) is 13.8 Å². The van der Waals surface area contributed by atoms with Crippen molar-refractivity contribution < 1.29 is 9.84 Å². The van der Waals surface area contributed by atoms with Crippen molar-refractivity contribution in [3.05, 3.63) is 0 Å². The largest absolute Gasteiger partial charge is 0.389 e. The molecule has 25 heavy (non-hydrogen) atoms. The molecule has 150 valence electrons. The Bertz CT molecular complexity index is 338. The van der Waals surface area contributed by atoms with E-state index in [1.165, 1.54) is 0 Å². The molecule has 0 rings (SSSR count). The molecule has 0 aromatic heterocycles. The van der Waals surface area contributed by atoms with Crippen LogP contribution in [0, 0.1) is 5.92 Å². The molecule has 0 radical (unpaired) electrons. The number of hydrogen-bond donors (Lipinski definition) is 3. The van der Waals surface area contributed by atoms with Crippen molar-refractivity contribution in [1.29, 1.82) is 0 Å². The van der Waals surface area contributed by atoms with Gasteiger partial charge in [-0.05, 0) is 47.0 Å². The van der Waals surface area contributed by atoms with Crippen LogP contribution in [0.15, 0.2) is 4.99 Å². The van der Waals surface area contributed by atoms with Gasteiger partial charge in [0.15, 0.2) is 5.96 Å². The summed E-state index contributed by atoms with van der Waals surface area (Å²) in [6, 6.07) is 1.12. The third kappa shape index (κ3) is 13.1. The van der Waals surface area contributed by atoms with E-state index in [-0.39, 0.29) is 0 Å². The van der Waals surface area contributed by atoms with Crippen molar-refractivity contribution in [2.45, 2.75) is 73.1 Å². The van der Waals surface area contributed by atoms with Crippen LogP contribution in [0.2, 0.25) is 0 Å². The summed E-state index contributed by atoms with van der Waals surface area (Å²) >= 11 is 0. The van der Waals surface area contributed by atoms with E-state index < -0.39 is 6.10 Å². The van der Waals surface area contributed by atoms with Gasteiger partial charge in [-0.25, -0.2) is 0 Å². The minimum absolute atomic E-state index is 0.332. The van der Waals surface area contributed by atoms with Crippen molar-refractivity contribution >= 4 is 5.96 Å². The first kappa shape index (κ1) is 24.1. The van der Waals surface area contributed by atoms with Crippen molar-refractivity contribution in [3.63, 3.8) is 0 Å². The lowest BCUT2D eigenvalue weighted by Gasteiger charge is -2.30. The highest BCUT2D eigenvalue weighted by Gasteiger charge is 2.12. The first-order valence-corrected chi connectivity index (χ1v) is 9.81. The molecule has 0 bridgehead atoms. The van der Waals surface area contributed by atoms with E-state index in [9.17, 15) is 5.11 Å². The number of ether oxygens (including phenoxy) is 1. The van der Waals surface area contributed by atoms with Gasteiger partial charge in [0.2, 0.25) is 0 Å². The molecule has 1 unspecified atom stereocenters. The highest BCUT2D eigenvalue weighted by molar-refractivity contribution is 5.79. The molecule has 3 N–H and O–H groups in total. The molecule has 0 aromatic carbocycles. The highest BCUT2D eigenvalue weighted by Crippen LogP contribution is 2.05. The first-order valence-electron chi connectivity index (χ1n) is 9.81. The molecule has 0 aliphatic carbocycles. The number of guanidine groups is 1. The zero-order valence-electron chi connectivity index (χ0n) is 17.5. The summed E-state index contributed by atoms with van der Waals surface area (Å²) in [6.07, 6.45) is 0.493. The second-order valence-corrected chi connectivity index (χ2v) is 7.51. The van der Waals surface area contributed by atoms with Crippen molar-refractivity contribution in [2.24, 2.45) is 10.9 Å². The summed E-state index contributed by atoms with van der Waals surface area (Å²) in [5.74, 6) is 1.23. The van der Waals surface area contributed by atoms with Crippen molar-refractivity contribution in [3.8, 4) is 0 Å². The lowest BCUT2D eigenvalue weighted by Crippen LogP contribution is -2.41. The van der Waals surface area contributed by atoms with Crippen LogP contribution in [0.25, 0.3) is 0 Å². The summed E-state index contributed by atoms with van der Waals surface area (Å²) in [6.45, 7) is 19.3. The fraction of sp³-hybridized carbons (Fsp3) is 0.947. The molecule has 0 amide bonds. The molecule has 0 aliphatic heterocycles. The summed E-state index contributed by atoms with van der Waals surface area (Å²) in [4.78, 5) is 6.94. The number of rotatable bonds is 13. The number of aliphatic hydroxyl groups is 1. The molecule has 0 saturated heterocycles. The molecule has 0 saturated carbocycles. The predicted molar refractivity (Wildman–Crippen MR) is 107 cm³/mol. The molecular formula is C19H42N4O2. The van der Waals surface area contributed by atoms with Gasteiger partial charge in [0.05, 0.1) is 19.3 Å². The van der Waals surface area contributed by atoms with E-state index in [1.54, 1.807) is 0 Å². The average molecular weight is 359 g/mol. The summed E-state index contributed by atoms with van der Waals surface area (Å²) in [5.41, 5.74) is 0. The Labute approximate surface area is 155 Å². The smallest absolute Gasteiger partial charge is 0.191 e. The summed E-state index contributed by atoms with van der Waals surface area (Å²) in [7, 11) is 0. The zero-order valence-corrected chi connectivity index (χ0v) is 17.5. The van der Waals surface area contributed by atoms with E-state index in [4.69, 9.17) is 4.74 Å². The Kier molecular flexibility index (Phi) is 13.8. The fourth-order valence-electron chi connectivity index (χ4n) is 2.61. The standard InChI is InChI=1S/C19H42N4O2/c1-8-20-19(22-12-18(24)14-25-13-15(2)3)21-10-9-11-23(16(4)5)17(6)7/h15-18,24H,8-14H2,1-7H3,(H2,20,21,22). The Morgan fingerprint density at radius 1 is 1.04 bits per heavy atom. The SMILES string of the molecule is CCNC(=NCC(O)COCC(C)C)NCCCN(C(C)C)C(C)C. The maximum atomic E-state index is 9.95. The molecule has 6 heteroatoms. The van der Waals surface area contributed by atoms with Crippen molar-refractivity contribution in [2.75, 3.05) is 39.4 Å². The normalized spacial score (nSPS) is 14.0. The van der Waals surface area contributed by atoms with Gasteiger partial charge in [0.25, 0.3) is 0 Å². The second-order valence-electron chi connectivity index (χ2n) is 7.51.